The number of carbonyl (C=O) groups excluding carboxylic acids is 3. The van der Waals surface area contributed by atoms with Crippen molar-refractivity contribution in [1.29, 1.82) is 0 Å². The van der Waals surface area contributed by atoms with E-state index in [1.165, 1.54) is 0 Å². The van der Waals surface area contributed by atoms with Gasteiger partial charge in [0.25, 0.3) is 0 Å². The van der Waals surface area contributed by atoms with Crippen molar-refractivity contribution in [2.75, 3.05) is 23.4 Å². The van der Waals surface area contributed by atoms with Gasteiger partial charge in [0.1, 0.15) is 0 Å². The first-order valence-electron chi connectivity index (χ1n) is 12.8. The van der Waals surface area contributed by atoms with Gasteiger partial charge in [-0.05, 0) is 54.5 Å². The summed E-state index contributed by atoms with van der Waals surface area (Å²) in [5.74, 6) is -1.44. The van der Waals surface area contributed by atoms with E-state index in [1.807, 2.05) is 54.6 Å². The number of hydrogen-bond donors (Lipinski definition) is 3. The Morgan fingerprint density at radius 3 is 2.69 bits per heavy atom. The van der Waals surface area contributed by atoms with Gasteiger partial charge in [-0.1, -0.05) is 42.5 Å². The van der Waals surface area contributed by atoms with Crippen LogP contribution in [-0.2, 0) is 25.7 Å². The summed E-state index contributed by atoms with van der Waals surface area (Å²) in [6.45, 7) is 2.79. The van der Waals surface area contributed by atoms with Crippen molar-refractivity contribution in [3.63, 3.8) is 0 Å². The fraction of sp³-hybridized carbons (Fsp3) is 0.276. The molecule has 0 aliphatic carbocycles. The predicted molar refractivity (Wildman–Crippen MR) is 153 cm³/mol. The molecule has 1 aromatic heterocycles. The lowest BCUT2D eigenvalue weighted by atomic mass is 10.0. The number of pyridine rings is 1. The maximum absolute atomic E-state index is 13.2. The van der Waals surface area contributed by atoms with E-state index in [4.69, 9.17) is 17.0 Å². The second-order valence-electron chi connectivity index (χ2n) is 9.11. The second kappa shape index (κ2) is 13.5. The van der Waals surface area contributed by atoms with E-state index in [1.54, 1.807) is 36.4 Å². The standard InChI is InChI=1S/C29H31N5O4S/c1-2-38-27(36)16-25(21-10-7-13-30-18-21)33-28(37)22-14-26(35)34(19-22)24-12-6-11-23(15-24)32-29(39)31-17-20-8-4-3-5-9-20/h3-13,15,18,22,25H,2,14,16-17,19H2,1H3,(H,33,37)(H2,31,32,39). The summed E-state index contributed by atoms with van der Waals surface area (Å²) >= 11 is 5.42. The molecule has 2 heterocycles. The number of benzene rings is 2. The van der Waals surface area contributed by atoms with Gasteiger partial charge in [-0.25, -0.2) is 0 Å². The van der Waals surface area contributed by atoms with Crippen molar-refractivity contribution in [2.24, 2.45) is 5.92 Å². The van der Waals surface area contributed by atoms with Crippen LogP contribution in [0, 0.1) is 5.92 Å². The quantitative estimate of drug-likeness (QED) is 0.261. The van der Waals surface area contributed by atoms with Gasteiger partial charge >= 0.3 is 5.97 Å². The normalized spacial score (nSPS) is 15.4. The summed E-state index contributed by atoms with van der Waals surface area (Å²) < 4.78 is 5.08. The van der Waals surface area contributed by atoms with Crippen molar-refractivity contribution in [3.05, 3.63) is 90.3 Å². The molecule has 3 aromatic rings. The molecule has 0 radical (unpaired) electrons. The molecule has 0 saturated carbocycles. The molecule has 1 aliphatic heterocycles. The third-order valence-corrected chi connectivity index (χ3v) is 6.53. The minimum atomic E-state index is -0.605. The van der Waals surface area contributed by atoms with Gasteiger partial charge in [-0.15, -0.1) is 0 Å². The summed E-state index contributed by atoms with van der Waals surface area (Å²) in [6.07, 6.45) is 3.27. The van der Waals surface area contributed by atoms with Crippen LogP contribution in [-0.4, -0.2) is 41.0 Å². The Bertz CT molecular complexity index is 1310. The lowest BCUT2D eigenvalue weighted by Crippen LogP contribution is -2.36. The van der Waals surface area contributed by atoms with Crippen molar-refractivity contribution in [1.82, 2.24) is 15.6 Å². The number of amides is 2. The van der Waals surface area contributed by atoms with E-state index in [9.17, 15) is 14.4 Å². The Morgan fingerprint density at radius 2 is 1.95 bits per heavy atom. The monoisotopic (exact) mass is 545 g/mol. The number of ether oxygens (including phenoxy) is 1. The van der Waals surface area contributed by atoms with Gasteiger partial charge in [0.2, 0.25) is 11.8 Å². The number of aromatic nitrogens is 1. The highest BCUT2D eigenvalue weighted by atomic mass is 32.1. The number of esters is 1. The first-order valence-corrected chi connectivity index (χ1v) is 13.2. The summed E-state index contributed by atoms with van der Waals surface area (Å²) in [7, 11) is 0. The van der Waals surface area contributed by atoms with E-state index in [0.717, 1.165) is 11.3 Å². The highest BCUT2D eigenvalue weighted by Gasteiger charge is 2.36. The van der Waals surface area contributed by atoms with Crippen LogP contribution >= 0.6 is 12.2 Å². The number of carbonyl (C=O) groups is 3. The molecule has 1 aliphatic rings. The minimum absolute atomic E-state index is 0.0262. The van der Waals surface area contributed by atoms with E-state index < -0.39 is 17.9 Å². The Labute approximate surface area is 233 Å². The number of nitrogens with zero attached hydrogens (tertiary/aromatic N) is 2. The van der Waals surface area contributed by atoms with Gasteiger partial charge < -0.3 is 25.6 Å². The molecule has 39 heavy (non-hydrogen) atoms. The van der Waals surface area contributed by atoms with E-state index in [0.29, 0.717) is 22.9 Å². The largest absolute Gasteiger partial charge is 0.466 e. The zero-order valence-electron chi connectivity index (χ0n) is 21.6. The Morgan fingerprint density at radius 1 is 1.13 bits per heavy atom. The summed E-state index contributed by atoms with van der Waals surface area (Å²) in [5, 5.41) is 9.71. The van der Waals surface area contributed by atoms with E-state index in [2.05, 4.69) is 20.9 Å². The van der Waals surface area contributed by atoms with Crippen LogP contribution in [0.15, 0.2) is 79.1 Å². The second-order valence-corrected chi connectivity index (χ2v) is 9.51. The van der Waals surface area contributed by atoms with Crippen LogP contribution in [0.3, 0.4) is 0 Å². The molecule has 2 unspecified atom stereocenters. The average molecular weight is 546 g/mol. The molecule has 1 saturated heterocycles. The molecule has 0 spiro atoms. The molecule has 9 nitrogen and oxygen atoms in total. The Hall–Kier alpha value is -4.31. The lowest BCUT2D eigenvalue weighted by molar-refractivity contribution is -0.144. The van der Waals surface area contributed by atoms with Crippen LogP contribution in [0.25, 0.3) is 0 Å². The summed E-state index contributed by atoms with van der Waals surface area (Å²) in [4.78, 5) is 44.0. The molecule has 10 heteroatoms. The Kier molecular flexibility index (Phi) is 9.58. The maximum Gasteiger partial charge on any atom is 0.308 e. The topological polar surface area (TPSA) is 113 Å². The van der Waals surface area contributed by atoms with Crippen LogP contribution in [0.4, 0.5) is 11.4 Å². The smallest absolute Gasteiger partial charge is 0.308 e. The summed E-state index contributed by atoms with van der Waals surface area (Å²) in [6, 6.07) is 20.2. The van der Waals surface area contributed by atoms with Crippen molar-refractivity contribution in [3.8, 4) is 0 Å². The molecule has 1 fully saturated rings. The SMILES string of the molecule is CCOC(=O)CC(NC(=O)C1CC(=O)N(c2cccc(NC(=S)NCc3ccccc3)c2)C1)c1cccnc1. The number of thiocarbonyl (C=S) groups is 1. The third kappa shape index (κ3) is 7.84. The molecule has 0 bridgehead atoms. The van der Waals surface area contributed by atoms with Crippen LogP contribution in [0.1, 0.15) is 36.9 Å². The number of nitrogens with one attached hydrogen (secondary N) is 3. The Balaban J connectivity index is 1.37. The third-order valence-electron chi connectivity index (χ3n) is 6.29. The number of rotatable bonds is 10. The lowest BCUT2D eigenvalue weighted by Gasteiger charge is -2.21. The van der Waals surface area contributed by atoms with Gasteiger partial charge in [-0.3, -0.25) is 19.4 Å². The van der Waals surface area contributed by atoms with Gasteiger partial charge in [0.15, 0.2) is 5.11 Å². The van der Waals surface area contributed by atoms with Crippen molar-refractivity contribution in [2.45, 2.75) is 32.4 Å². The van der Waals surface area contributed by atoms with Gasteiger partial charge in [-0.2, -0.15) is 0 Å². The molecule has 2 amide bonds. The molecule has 3 N–H and O–H groups in total. The molecule has 2 atom stereocenters. The highest BCUT2D eigenvalue weighted by Crippen LogP contribution is 2.28. The van der Waals surface area contributed by atoms with Crippen LogP contribution in [0.2, 0.25) is 0 Å². The fourth-order valence-corrected chi connectivity index (χ4v) is 4.54. The maximum atomic E-state index is 13.2. The average Bonchev–Trinajstić information content (AvgIpc) is 3.34. The number of anilines is 2. The molecule has 4 rings (SSSR count). The first-order chi connectivity index (χ1) is 18.9. The zero-order chi connectivity index (χ0) is 27.6. The molecule has 2 aromatic carbocycles. The van der Waals surface area contributed by atoms with Crippen LogP contribution < -0.4 is 20.9 Å². The van der Waals surface area contributed by atoms with E-state index >= 15 is 0 Å². The zero-order valence-corrected chi connectivity index (χ0v) is 22.4. The van der Waals surface area contributed by atoms with Gasteiger partial charge in [0.05, 0.1) is 25.0 Å². The number of hydrogen-bond acceptors (Lipinski definition) is 6. The summed E-state index contributed by atoms with van der Waals surface area (Å²) in [5.41, 5.74) is 3.19. The fourth-order valence-electron chi connectivity index (χ4n) is 4.35. The molecular weight excluding hydrogens is 514 g/mol. The minimum Gasteiger partial charge on any atom is -0.466 e. The van der Waals surface area contributed by atoms with E-state index in [-0.39, 0.29) is 37.8 Å². The molecular formula is C29H31N5O4S. The van der Waals surface area contributed by atoms with Crippen LogP contribution in [0.5, 0.6) is 0 Å². The van der Waals surface area contributed by atoms with Crippen molar-refractivity contribution < 1.29 is 19.1 Å². The first kappa shape index (κ1) is 27.7. The molecule has 202 valence electrons. The predicted octanol–water partition coefficient (Wildman–Crippen LogP) is 3.73. The van der Waals surface area contributed by atoms with Crippen molar-refractivity contribution >= 4 is 46.5 Å². The highest BCUT2D eigenvalue weighted by molar-refractivity contribution is 7.80. The van der Waals surface area contributed by atoms with Gasteiger partial charge in [0, 0.05) is 43.3 Å².